The number of benzene rings is 2. The van der Waals surface area contributed by atoms with E-state index >= 15 is 0 Å². The number of carbonyl (C=O) groups excluding carboxylic acids is 1. The van der Waals surface area contributed by atoms with Crippen molar-refractivity contribution in [2.45, 2.75) is 37.1 Å². The lowest BCUT2D eigenvalue weighted by Crippen LogP contribution is -2.49. The number of nitrogens with two attached hydrogens (primary N) is 1. The lowest BCUT2D eigenvalue weighted by molar-refractivity contribution is -0.135. The molecule has 2 unspecified atom stereocenters. The van der Waals surface area contributed by atoms with Gasteiger partial charge in [0.25, 0.3) is 0 Å². The summed E-state index contributed by atoms with van der Waals surface area (Å²) in [5.74, 6) is 0.521. The van der Waals surface area contributed by atoms with E-state index in [9.17, 15) is 13.2 Å². The monoisotopic (exact) mass is 389 g/mol. The molecule has 1 amide bonds. The van der Waals surface area contributed by atoms with Crippen LogP contribution in [0.25, 0.3) is 10.8 Å². The highest BCUT2D eigenvalue weighted by molar-refractivity contribution is 7.89. The summed E-state index contributed by atoms with van der Waals surface area (Å²) >= 11 is 0. The number of fused-ring (bicyclic) bond motifs is 1. The largest absolute Gasteiger partial charge is 0.338 e. The van der Waals surface area contributed by atoms with Crippen molar-refractivity contribution in [1.29, 1.82) is 0 Å². The van der Waals surface area contributed by atoms with Gasteiger partial charge in [0, 0.05) is 32.1 Å². The Morgan fingerprint density at radius 2 is 1.96 bits per heavy atom. The van der Waals surface area contributed by atoms with Gasteiger partial charge in [0.2, 0.25) is 15.9 Å². The second-order valence-electron chi connectivity index (χ2n) is 7.26. The Bertz CT molecular complexity index is 914. The summed E-state index contributed by atoms with van der Waals surface area (Å²) in [5.41, 5.74) is 5.81. The maximum absolute atomic E-state index is 12.5. The molecule has 0 bridgehead atoms. The van der Waals surface area contributed by atoms with Gasteiger partial charge in [-0.2, -0.15) is 0 Å². The number of likely N-dealkylation sites (tertiary alicyclic amines) is 1. The quantitative estimate of drug-likeness (QED) is 0.791. The zero-order valence-corrected chi connectivity index (χ0v) is 16.4. The van der Waals surface area contributed by atoms with Gasteiger partial charge < -0.3 is 10.6 Å². The smallest absolute Gasteiger partial charge is 0.240 e. The van der Waals surface area contributed by atoms with Crippen LogP contribution in [0.2, 0.25) is 0 Å². The van der Waals surface area contributed by atoms with Gasteiger partial charge in [0.05, 0.1) is 4.90 Å². The fourth-order valence-corrected chi connectivity index (χ4v) is 4.72. The number of sulfonamides is 1. The van der Waals surface area contributed by atoms with Gasteiger partial charge in [-0.3, -0.25) is 4.79 Å². The van der Waals surface area contributed by atoms with E-state index in [1.807, 2.05) is 29.2 Å². The Morgan fingerprint density at radius 3 is 2.70 bits per heavy atom. The lowest BCUT2D eigenvalue weighted by Gasteiger charge is -2.38. The molecule has 1 aliphatic heterocycles. The van der Waals surface area contributed by atoms with Crippen LogP contribution < -0.4 is 10.5 Å². The van der Waals surface area contributed by atoms with Crippen molar-refractivity contribution >= 4 is 26.7 Å². The van der Waals surface area contributed by atoms with E-state index in [0.29, 0.717) is 19.0 Å². The molecule has 0 spiro atoms. The van der Waals surface area contributed by atoms with Crippen LogP contribution in [0.1, 0.15) is 26.2 Å². The zero-order valence-electron chi connectivity index (χ0n) is 15.6. The van der Waals surface area contributed by atoms with Gasteiger partial charge in [-0.05, 0) is 41.7 Å². The molecule has 2 aromatic carbocycles. The average molecular weight is 390 g/mol. The first-order chi connectivity index (χ1) is 12.9. The van der Waals surface area contributed by atoms with Crippen molar-refractivity contribution in [3.05, 3.63) is 42.5 Å². The summed E-state index contributed by atoms with van der Waals surface area (Å²) < 4.78 is 27.6. The number of hydrogen-bond acceptors (Lipinski definition) is 4. The number of carbonyl (C=O) groups is 1. The molecule has 0 aliphatic carbocycles. The van der Waals surface area contributed by atoms with E-state index in [2.05, 4.69) is 11.6 Å². The normalized spacial score (nSPS) is 20.7. The van der Waals surface area contributed by atoms with E-state index in [0.717, 1.165) is 23.6 Å². The molecule has 1 fully saturated rings. The van der Waals surface area contributed by atoms with E-state index in [1.54, 1.807) is 18.2 Å². The highest BCUT2D eigenvalue weighted by Gasteiger charge is 2.28. The van der Waals surface area contributed by atoms with Crippen molar-refractivity contribution in [3.8, 4) is 0 Å². The van der Waals surface area contributed by atoms with Crippen LogP contribution in [0.3, 0.4) is 0 Å². The third kappa shape index (κ3) is 4.66. The molecule has 2 atom stereocenters. The molecular formula is C20H27N3O3S. The average Bonchev–Trinajstić information content (AvgIpc) is 2.67. The molecular weight excluding hydrogens is 362 g/mol. The van der Waals surface area contributed by atoms with E-state index in [4.69, 9.17) is 5.73 Å². The minimum atomic E-state index is -3.65. The molecule has 146 valence electrons. The number of rotatable bonds is 6. The van der Waals surface area contributed by atoms with Crippen LogP contribution in [-0.4, -0.2) is 44.9 Å². The first-order valence-corrected chi connectivity index (χ1v) is 10.9. The topological polar surface area (TPSA) is 92.5 Å². The van der Waals surface area contributed by atoms with Crippen LogP contribution >= 0.6 is 0 Å². The molecule has 2 aromatic rings. The Balaban J connectivity index is 1.60. The fourth-order valence-electron chi connectivity index (χ4n) is 3.66. The number of hydrogen-bond donors (Lipinski definition) is 2. The van der Waals surface area contributed by atoms with Crippen molar-refractivity contribution in [1.82, 2.24) is 9.62 Å². The first-order valence-electron chi connectivity index (χ1n) is 9.38. The summed E-state index contributed by atoms with van der Waals surface area (Å²) in [6.45, 7) is 3.39. The number of nitrogens with one attached hydrogen (secondary N) is 1. The van der Waals surface area contributed by atoms with Gasteiger partial charge in [-0.1, -0.05) is 37.3 Å². The molecule has 27 heavy (non-hydrogen) atoms. The number of amides is 1. The lowest BCUT2D eigenvalue weighted by atomic mass is 9.92. The van der Waals surface area contributed by atoms with Crippen molar-refractivity contribution in [2.75, 3.05) is 19.6 Å². The number of nitrogens with zero attached hydrogens (tertiary/aromatic N) is 1. The molecule has 0 aromatic heterocycles. The molecule has 0 saturated carbocycles. The molecule has 1 aliphatic rings. The first kappa shape index (κ1) is 19.8. The highest BCUT2D eigenvalue weighted by Crippen LogP contribution is 2.22. The molecule has 1 saturated heterocycles. The Morgan fingerprint density at radius 1 is 1.22 bits per heavy atom. The molecule has 6 nitrogen and oxygen atoms in total. The zero-order chi connectivity index (χ0) is 19.4. The number of piperidine rings is 1. The predicted octanol–water partition coefficient (Wildman–Crippen LogP) is 2.09. The van der Waals surface area contributed by atoms with Crippen LogP contribution in [0.4, 0.5) is 0 Å². The van der Waals surface area contributed by atoms with Crippen LogP contribution in [0.5, 0.6) is 0 Å². The van der Waals surface area contributed by atoms with E-state index in [1.165, 1.54) is 0 Å². The SMILES string of the molecule is CC1CCN(C(=O)CCNS(=O)(=O)c2ccc3ccccc3c2)C(CN)C1. The van der Waals surface area contributed by atoms with Crippen LogP contribution in [0, 0.1) is 5.92 Å². The second-order valence-corrected chi connectivity index (χ2v) is 9.03. The molecule has 3 rings (SSSR count). The fraction of sp³-hybridized carbons (Fsp3) is 0.450. The third-order valence-corrected chi connectivity index (χ3v) is 6.69. The van der Waals surface area contributed by atoms with Crippen molar-refractivity contribution in [2.24, 2.45) is 11.7 Å². The standard InChI is InChI=1S/C20H27N3O3S/c1-15-9-11-23(18(12-15)14-21)20(24)8-10-22-27(25,26)19-7-6-16-4-2-3-5-17(16)13-19/h2-7,13,15,18,22H,8-12,14,21H2,1H3. The highest BCUT2D eigenvalue weighted by atomic mass is 32.2. The Hall–Kier alpha value is -1.96. The summed E-state index contributed by atoms with van der Waals surface area (Å²) in [7, 11) is -3.65. The van der Waals surface area contributed by atoms with Crippen molar-refractivity contribution in [3.63, 3.8) is 0 Å². The minimum Gasteiger partial charge on any atom is -0.338 e. The molecule has 0 radical (unpaired) electrons. The molecule has 1 heterocycles. The maximum Gasteiger partial charge on any atom is 0.240 e. The van der Waals surface area contributed by atoms with E-state index in [-0.39, 0.29) is 29.8 Å². The minimum absolute atomic E-state index is 0.0430. The third-order valence-electron chi connectivity index (χ3n) is 5.23. The summed E-state index contributed by atoms with van der Waals surface area (Å²) in [6, 6.07) is 12.7. The van der Waals surface area contributed by atoms with Gasteiger partial charge in [-0.15, -0.1) is 0 Å². The van der Waals surface area contributed by atoms with E-state index < -0.39 is 10.0 Å². The predicted molar refractivity (Wildman–Crippen MR) is 107 cm³/mol. The summed E-state index contributed by atoms with van der Waals surface area (Å²) in [5, 5.41) is 1.85. The maximum atomic E-state index is 12.5. The van der Waals surface area contributed by atoms with Crippen LogP contribution in [-0.2, 0) is 14.8 Å². The Kier molecular flexibility index (Phi) is 6.14. The summed E-state index contributed by atoms with van der Waals surface area (Å²) in [4.78, 5) is 14.5. The van der Waals surface area contributed by atoms with Gasteiger partial charge >= 0.3 is 0 Å². The van der Waals surface area contributed by atoms with Gasteiger partial charge in [0.1, 0.15) is 0 Å². The van der Waals surface area contributed by atoms with Crippen molar-refractivity contribution < 1.29 is 13.2 Å². The van der Waals surface area contributed by atoms with Gasteiger partial charge in [0.15, 0.2) is 0 Å². The molecule has 7 heteroatoms. The second kappa shape index (κ2) is 8.37. The van der Waals surface area contributed by atoms with Gasteiger partial charge in [-0.25, -0.2) is 13.1 Å². The summed E-state index contributed by atoms with van der Waals surface area (Å²) in [6.07, 6.45) is 2.01. The van der Waals surface area contributed by atoms with Crippen LogP contribution in [0.15, 0.2) is 47.4 Å². The Labute approximate surface area is 160 Å². The molecule has 3 N–H and O–H groups in total.